The van der Waals surface area contributed by atoms with E-state index in [-0.39, 0.29) is 12.1 Å². The van der Waals surface area contributed by atoms with Crippen LogP contribution in [0.5, 0.6) is 0 Å². The highest BCUT2D eigenvalue weighted by Gasteiger charge is 2.30. The summed E-state index contributed by atoms with van der Waals surface area (Å²) in [6.07, 6.45) is 2.14. The zero-order valence-electron chi connectivity index (χ0n) is 11.3. The zero-order valence-corrected chi connectivity index (χ0v) is 13.0. The second-order valence-electron chi connectivity index (χ2n) is 4.89. The lowest BCUT2D eigenvalue weighted by Crippen LogP contribution is -2.38. The lowest BCUT2D eigenvalue weighted by atomic mass is 10.2. The van der Waals surface area contributed by atoms with Crippen LogP contribution in [0, 0.1) is 6.92 Å². The summed E-state index contributed by atoms with van der Waals surface area (Å²) in [5.74, 6) is 0. The second-order valence-corrected chi connectivity index (χ2v) is 6.81. The molecule has 0 radical (unpaired) electrons. The van der Waals surface area contributed by atoms with Gasteiger partial charge in [-0.15, -0.1) is 22.7 Å². The second kappa shape index (κ2) is 5.93. The highest BCUT2D eigenvalue weighted by molar-refractivity contribution is 7.10. The number of urea groups is 1. The van der Waals surface area contributed by atoms with E-state index in [0.717, 1.165) is 30.0 Å². The maximum Gasteiger partial charge on any atom is 0.318 e. The Bertz CT molecular complexity index is 579. The van der Waals surface area contributed by atoms with Gasteiger partial charge in [0, 0.05) is 16.3 Å². The molecule has 0 bridgehead atoms. The van der Waals surface area contributed by atoms with Gasteiger partial charge in [-0.05, 0) is 31.2 Å². The van der Waals surface area contributed by atoms with Gasteiger partial charge >= 0.3 is 6.03 Å². The van der Waals surface area contributed by atoms with Crippen molar-refractivity contribution < 1.29 is 4.79 Å². The van der Waals surface area contributed by atoms with Crippen LogP contribution >= 0.6 is 22.7 Å². The molecule has 6 heteroatoms. The molecule has 20 heavy (non-hydrogen) atoms. The minimum absolute atomic E-state index is 0.0358. The fourth-order valence-corrected chi connectivity index (χ4v) is 4.13. The van der Waals surface area contributed by atoms with Gasteiger partial charge in [0.05, 0.1) is 23.8 Å². The molecule has 1 saturated heterocycles. The molecule has 106 valence electrons. The van der Waals surface area contributed by atoms with Crippen molar-refractivity contribution >= 4 is 28.7 Å². The third-order valence-electron chi connectivity index (χ3n) is 3.63. The van der Waals surface area contributed by atoms with Crippen LogP contribution in [-0.2, 0) is 6.54 Å². The Morgan fingerprint density at radius 2 is 2.45 bits per heavy atom. The molecule has 1 aliphatic rings. The van der Waals surface area contributed by atoms with E-state index in [1.807, 2.05) is 17.3 Å². The normalized spacial score (nSPS) is 18.4. The number of nitrogens with zero attached hydrogens (tertiary/aromatic N) is 2. The molecule has 2 aromatic rings. The van der Waals surface area contributed by atoms with E-state index in [4.69, 9.17) is 0 Å². The Balaban J connectivity index is 1.63. The molecule has 3 heterocycles. The number of thiophene rings is 1. The van der Waals surface area contributed by atoms with E-state index >= 15 is 0 Å². The summed E-state index contributed by atoms with van der Waals surface area (Å²) in [7, 11) is 0. The number of hydrogen-bond acceptors (Lipinski definition) is 4. The smallest absolute Gasteiger partial charge is 0.318 e. The minimum atomic E-state index is 0.0358. The van der Waals surface area contributed by atoms with Gasteiger partial charge in [0.2, 0.25) is 0 Å². The first-order valence-electron chi connectivity index (χ1n) is 6.72. The van der Waals surface area contributed by atoms with E-state index in [9.17, 15) is 4.79 Å². The number of thiazole rings is 1. The Labute approximate surface area is 126 Å². The number of carbonyl (C=O) groups excluding carboxylic acids is 1. The average Bonchev–Trinajstić information content (AvgIpc) is 3.17. The first-order chi connectivity index (χ1) is 9.75. The van der Waals surface area contributed by atoms with Crippen LogP contribution in [-0.4, -0.2) is 22.5 Å². The summed E-state index contributed by atoms with van der Waals surface area (Å²) >= 11 is 3.32. The summed E-state index contributed by atoms with van der Waals surface area (Å²) in [4.78, 5) is 20.9. The fourth-order valence-electron chi connectivity index (χ4n) is 2.54. The molecular weight excluding hydrogens is 290 g/mol. The van der Waals surface area contributed by atoms with Gasteiger partial charge in [-0.25, -0.2) is 9.78 Å². The molecular formula is C14H17N3OS2. The van der Waals surface area contributed by atoms with Crippen molar-refractivity contribution in [2.75, 3.05) is 6.54 Å². The maximum absolute atomic E-state index is 12.4. The molecule has 4 nitrogen and oxygen atoms in total. The van der Waals surface area contributed by atoms with Crippen molar-refractivity contribution in [3.05, 3.63) is 38.5 Å². The van der Waals surface area contributed by atoms with Crippen molar-refractivity contribution in [2.24, 2.45) is 0 Å². The van der Waals surface area contributed by atoms with Gasteiger partial charge < -0.3 is 10.2 Å². The Hall–Kier alpha value is -1.40. The molecule has 3 rings (SSSR count). The van der Waals surface area contributed by atoms with Gasteiger partial charge in [0.1, 0.15) is 0 Å². The van der Waals surface area contributed by atoms with Gasteiger partial charge in [0.25, 0.3) is 0 Å². The van der Waals surface area contributed by atoms with Crippen LogP contribution in [0.1, 0.15) is 34.3 Å². The maximum atomic E-state index is 12.4. The average molecular weight is 307 g/mol. The van der Waals surface area contributed by atoms with Crippen LogP contribution < -0.4 is 5.32 Å². The van der Waals surface area contributed by atoms with Gasteiger partial charge in [-0.1, -0.05) is 6.07 Å². The van der Waals surface area contributed by atoms with Crippen molar-refractivity contribution in [2.45, 2.75) is 32.4 Å². The van der Waals surface area contributed by atoms with Crippen molar-refractivity contribution in [1.82, 2.24) is 15.2 Å². The lowest BCUT2D eigenvalue weighted by molar-refractivity contribution is 0.193. The molecule has 2 aromatic heterocycles. The van der Waals surface area contributed by atoms with Gasteiger partial charge in [-0.2, -0.15) is 0 Å². The number of nitrogens with one attached hydrogen (secondary N) is 1. The molecule has 1 N–H and O–H groups in total. The third kappa shape index (κ3) is 2.71. The Morgan fingerprint density at radius 1 is 1.55 bits per heavy atom. The van der Waals surface area contributed by atoms with E-state index in [1.165, 1.54) is 4.88 Å². The van der Waals surface area contributed by atoms with Crippen molar-refractivity contribution in [1.29, 1.82) is 0 Å². The monoisotopic (exact) mass is 307 g/mol. The number of aryl methyl sites for hydroxylation is 1. The van der Waals surface area contributed by atoms with E-state index < -0.39 is 0 Å². The standard InChI is InChI=1S/C14H17N3OS2/c1-10-13(20-9-16-10)8-15-14(18)17-6-2-4-11(17)12-5-3-7-19-12/h3,5,7,9,11H,2,4,6,8H2,1H3,(H,15,18). The van der Waals surface area contributed by atoms with Crippen LogP contribution in [0.25, 0.3) is 0 Å². The number of aromatic nitrogens is 1. The SMILES string of the molecule is Cc1ncsc1CNC(=O)N1CCCC1c1cccs1. The van der Waals surface area contributed by atoms with E-state index in [0.29, 0.717) is 6.54 Å². The third-order valence-corrected chi connectivity index (χ3v) is 5.54. The molecule has 0 spiro atoms. The summed E-state index contributed by atoms with van der Waals surface area (Å²) in [5.41, 5.74) is 2.83. The highest BCUT2D eigenvalue weighted by Crippen LogP contribution is 2.34. The van der Waals surface area contributed by atoms with Crippen LogP contribution in [0.4, 0.5) is 4.79 Å². The number of hydrogen-bond donors (Lipinski definition) is 1. The van der Waals surface area contributed by atoms with Crippen molar-refractivity contribution in [3.8, 4) is 0 Å². The zero-order chi connectivity index (χ0) is 13.9. The first kappa shape index (κ1) is 13.6. The molecule has 0 aliphatic carbocycles. The van der Waals surface area contributed by atoms with Crippen LogP contribution in [0.2, 0.25) is 0 Å². The minimum Gasteiger partial charge on any atom is -0.333 e. The summed E-state index contributed by atoms with van der Waals surface area (Å²) in [6, 6.07) is 4.45. The molecule has 0 aromatic carbocycles. The highest BCUT2D eigenvalue weighted by atomic mass is 32.1. The fraction of sp³-hybridized carbons (Fsp3) is 0.429. The summed E-state index contributed by atoms with van der Waals surface area (Å²) in [5, 5.41) is 5.10. The van der Waals surface area contributed by atoms with Crippen LogP contribution in [0.3, 0.4) is 0 Å². The number of carbonyl (C=O) groups is 1. The van der Waals surface area contributed by atoms with Gasteiger partial charge in [0.15, 0.2) is 0 Å². The quantitative estimate of drug-likeness (QED) is 0.942. The van der Waals surface area contributed by atoms with Crippen LogP contribution in [0.15, 0.2) is 23.0 Å². The first-order valence-corrected chi connectivity index (χ1v) is 8.48. The summed E-state index contributed by atoms with van der Waals surface area (Å²) in [6.45, 7) is 3.39. The number of rotatable bonds is 3. The molecule has 1 atom stereocenters. The van der Waals surface area contributed by atoms with E-state index in [2.05, 4.69) is 27.8 Å². The molecule has 0 saturated carbocycles. The van der Waals surface area contributed by atoms with Gasteiger partial charge in [-0.3, -0.25) is 0 Å². The number of amides is 2. The molecule has 2 amide bonds. The topological polar surface area (TPSA) is 45.2 Å². The predicted octanol–water partition coefficient (Wildman–Crippen LogP) is 3.56. The van der Waals surface area contributed by atoms with E-state index in [1.54, 1.807) is 22.7 Å². The molecule has 1 aliphatic heterocycles. The predicted molar refractivity (Wildman–Crippen MR) is 82.1 cm³/mol. The van der Waals surface area contributed by atoms with Crippen molar-refractivity contribution in [3.63, 3.8) is 0 Å². The molecule has 1 fully saturated rings. The Morgan fingerprint density at radius 3 is 3.15 bits per heavy atom. The Kier molecular flexibility index (Phi) is 4.03. The lowest BCUT2D eigenvalue weighted by Gasteiger charge is -2.24. The largest absolute Gasteiger partial charge is 0.333 e. The number of likely N-dealkylation sites (tertiary alicyclic amines) is 1. The molecule has 1 unspecified atom stereocenters. The summed E-state index contributed by atoms with van der Waals surface area (Å²) < 4.78 is 0.